The van der Waals surface area contributed by atoms with Gasteiger partial charge < -0.3 is 15.1 Å². The molecule has 0 spiro atoms. The van der Waals surface area contributed by atoms with Gasteiger partial charge in [-0.3, -0.25) is 14.4 Å². The average Bonchev–Trinajstić information content (AvgIpc) is 3.16. The first-order valence-electron chi connectivity index (χ1n) is 10.2. The molecule has 1 atom stereocenters. The van der Waals surface area contributed by atoms with Crippen LogP contribution in [0, 0.1) is 5.92 Å². The molecule has 0 aliphatic carbocycles. The fourth-order valence-corrected chi connectivity index (χ4v) is 4.64. The molecule has 2 aromatic rings. The molecule has 30 heavy (non-hydrogen) atoms. The lowest BCUT2D eigenvalue weighted by molar-refractivity contribution is -0.136. The zero-order chi connectivity index (χ0) is 21.1. The number of amides is 3. The van der Waals surface area contributed by atoms with Crippen molar-refractivity contribution in [2.24, 2.45) is 5.92 Å². The molecule has 2 fully saturated rings. The van der Waals surface area contributed by atoms with Gasteiger partial charge in [-0.25, -0.2) is 0 Å². The van der Waals surface area contributed by atoms with Crippen molar-refractivity contribution in [2.45, 2.75) is 25.3 Å². The van der Waals surface area contributed by atoms with E-state index in [1.807, 2.05) is 47.4 Å². The second kappa shape index (κ2) is 9.00. The fraction of sp³-hybridized carbons (Fsp3) is 0.348. The van der Waals surface area contributed by atoms with Crippen molar-refractivity contribution in [3.05, 3.63) is 64.6 Å². The van der Waals surface area contributed by atoms with Gasteiger partial charge in [-0.2, -0.15) is 0 Å². The van der Waals surface area contributed by atoms with Gasteiger partial charge in [0.15, 0.2) is 0 Å². The van der Waals surface area contributed by atoms with E-state index < -0.39 is 0 Å². The summed E-state index contributed by atoms with van der Waals surface area (Å²) in [6.07, 6.45) is 1.68. The maximum absolute atomic E-state index is 13.0. The molecule has 2 heterocycles. The van der Waals surface area contributed by atoms with Crippen molar-refractivity contribution in [1.29, 1.82) is 0 Å². The third-order valence-electron chi connectivity index (χ3n) is 5.80. The van der Waals surface area contributed by atoms with Crippen molar-refractivity contribution in [2.75, 3.05) is 24.5 Å². The average molecular weight is 470 g/mol. The topological polar surface area (TPSA) is 69.7 Å². The molecular formula is C23H24BrN3O3. The standard InChI is InChI=1S/C23H24BrN3O3/c24-19-8-4-5-9-20(19)27-15-17(14-21(27)28)23(30)26-12-10-18(11-13-26)25-22(29)16-6-2-1-3-7-16/h1-9,17-18H,10-15H2,(H,25,29). The number of nitrogens with zero attached hydrogens (tertiary/aromatic N) is 2. The van der Waals surface area contributed by atoms with E-state index in [0.29, 0.717) is 25.2 Å². The molecule has 0 bridgehead atoms. The number of benzene rings is 2. The van der Waals surface area contributed by atoms with Crippen LogP contribution in [0.15, 0.2) is 59.1 Å². The summed E-state index contributed by atoms with van der Waals surface area (Å²) in [6.45, 7) is 1.60. The van der Waals surface area contributed by atoms with Gasteiger partial charge in [-0.05, 0) is 53.0 Å². The van der Waals surface area contributed by atoms with Gasteiger partial charge in [0.05, 0.1) is 11.6 Å². The minimum Gasteiger partial charge on any atom is -0.349 e. The minimum absolute atomic E-state index is 0.0229. The van der Waals surface area contributed by atoms with E-state index in [2.05, 4.69) is 21.2 Å². The number of hydrogen-bond acceptors (Lipinski definition) is 3. The highest BCUT2D eigenvalue weighted by Crippen LogP contribution is 2.32. The number of para-hydroxylation sites is 1. The van der Waals surface area contributed by atoms with Crippen LogP contribution in [-0.4, -0.2) is 48.3 Å². The van der Waals surface area contributed by atoms with E-state index in [0.717, 1.165) is 23.0 Å². The first-order valence-corrected chi connectivity index (χ1v) is 11.0. The van der Waals surface area contributed by atoms with Crippen LogP contribution in [-0.2, 0) is 9.59 Å². The van der Waals surface area contributed by atoms with Gasteiger partial charge in [0.1, 0.15) is 0 Å². The molecule has 1 N–H and O–H groups in total. The highest BCUT2D eigenvalue weighted by Gasteiger charge is 2.38. The van der Waals surface area contributed by atoms with E-state index in [9.17, 15) is 14.4 Å². The summed E-state index contributed by atoms with van der Waals surface area (Å²) < 4.78 is 0.849. The summed E-state index contributed by atoms with van der Waals surface area (Å²) >= 11 is 3.49. The number of likely N-dealkylation sites (tertiary alicyclic amines) is 1. The van der Waals surface area contributed by atoms with Gasteiger partial charge in [-0.1, -0.05) is 30.3 Å². The number of carbonyl (C=O) groups excluding carboxylic acids is 3. The van der Waals surface area contributed by atoms with Crippen LogP contribution in [0.3, 0.4) is 0 Å². The van der Waals surface area contributed by atoms with Crippen molar-refractivity contribution in [3.8, 4) is 0 Å². The highest BCUT2D eigenvalue weighted by atomic mass is 79.9. The number of hydrogen-bond donors (Lipinski definition) is 1. The summed E-state index contributed by atoms with van der Waals surface area (Å²) in [5.74, 6) is -0.387. The first kappa shape index (κ1) is 20.6. The van der Waals surface area contributed by atoms with Crippen LogP contribution in [0.2, 0.25) is 0 Å². The molecule has 0 saturated carbocycles. The third kappa shape index (κ3) is 4.41. The third-order valence-corrected chi connectivity index (χ3v) is 6.47. The molecule has 2 saturated heterocycles. The predicted molar refractivity (Wildman–Crippen MR) is 118 cm³/mol. The predicted octanol–water partition coefficient (Wildman–Crippen LogP) is 3.22. The van der Waals surface area contributed by atoms with Crippen LogP contribution >= 0.6 is 15.9 Å². The molecular weight excluding hydrogens is 446 g/mol. The number of nitrogens with one attached hydrogen (secondary N) is 1. The maximum Gasteiger partial charge on any atom is 0.251 e. The quantitative estimate of drug-likeness (QED) is 0.746. The fourth-order valence-electron chi connectivity index (χ4n) is 4.14. The molecule has 7 heteroatoms. The monoisotopic (exact) mass is 469 g/mol. The van der Waals surface area contributed by atoms with Crippen molar-refractivity contribution >= 4 is 39.3 Å². The molecule has 1 unspecified atom stereocenters. The van der Waals surface area contributed by atoms with E-state index >= 15 is 0 Å². The maximum atomic E-state index is 13.0. The minimum atomic E-state index is -0.319. The van der Waals surface area contributed by atoms with Crippen LogP contribution in [0.25, 0.3) is 0 Å². The number of piperidine rings is 1. The summed E-state index contributed by atoms with van der Waals surface area (Å²) in [5, 5.41) is 3.06. The Morgan fingerprint density at radius 1 is 0.967 bits per heavy atom. The Morgan fingerprint density at radius 3 is 2.33 bits per heavy atom. The highest BCUT2D eigenvalue weighted by molar-refractivity contribution is 9.10. The van der Waals surface area contributed by atoms with Gasteiger partial charge >= 0.3 is 0 Å². The largest absolute Gasteiger partial charge is 0.349 e. The molecule has 6 nitrogen and oxygen atoms in total. The summed E-state index contributed by atoms with van der Waals surface area (Å²) in [6, 6.07) is 16.8. The van der Waals surface area contributed by atoms with Crippen LogP contribution in [0.4, 0.5) is 5.69 Å². The Hall–Kier alpha value is -2.67. The van der Waals surface area contributed by atoms with E-state index in [1.165, 1.54) is 0 Å². The summed E-state index contributed by atoms with van der Waals surface area (Å²) in [5.41, 5.74) is 1.45. The van der Waals surface area contributed by atoms with Crippen LogP contribution in [0.5, 0.6) is 0 Å². The molecule has 2 aliphatic rings. The second-order valence-corrected chi connectivity index (χ2v) is 8.65. The normalized spacial score (nSPS) is 19.8. The molecule has 156 valence electrons. The molecule has 2 aromatic carbocycles. The van der Waals surface area contributed by atoms with Crippen LogP contribution < -0.4 is 10.2 Å². The second-order valence-electron chi connectivity index (χ2n) is 7.80. The van der Waals surface area contributed by atoms with Gasteiger partial charge in [0.2, 0.25) is 11.8 Å². The summed E-state index contributed by atoms with van der Waals surface area (Å²) in [7, 11) is 0. The van der Waals surface area contributed by atoms with Gasteiger partial charge in [-0.15, -0.1) is 0 Å². The van der Waals surface area contributed by atoms with Crippen molar-refractivity contribution in [1.82, 2.24) is 10.2 Å². The van der Waals surface area contributed by atoms with E-state index in [1.54, 1.807) is 17.0 Å². The molecule has 3 amide bonds. The smallest absolute Gasteiger partial charge is 0.251 e. The number of rotatable bonds is 4. The molecule has 0 radical (unpaired) electrons. The SMILES string of the molecule is O=C(NC1CCN(C(=O)C2CC(=O)N(c3ccccc3Br)C2)CC1)c1ccccc1. The van der Waals surface area contributed by atoms with E-state index in [-0.39, 0.29) is 36.1 Å². The molecule has 0 aromatic heterocycles. The number of carbonyl (C=O) groups is 3. The molecule has 2 aliphatic heterocycles. The Kier molecular flexibility index (Phi) is 6.18. The lowest BCUT2D eigenvalue weighted by Crippen LogP contribution is -2.48. The Bertz CT molecular complexity index is 942. The van der Waals surface area contributed by atoms with Gasteiger partial charge in [0.25, 0.3) is 5.91 Å². The molecule has 4 rings (SSSR count). The number of halogens is 1. The Labute approximate surface area is 184 Å². The Balaban J connectivity index is 1.31. The zero-order valence-corrected chi connectivity index (χ0v) is 18.2. The van der Waals surface area contributed by atoms with E-state index in [4.69, 9.17) is 0 Å². The Morgan fingerprint density at radius 2 is 1.63 bits per heavy atom. The van der Waals surface area contributed by atoms with Crippen LogP contribution in [0.1, 0.15) is 29.6 Å². The lowest BCUT2D eigenvalue weighted by Gasteiger charge is -2.33. The van der Waals surface area contributed by atoms with Gasteiger partial charge in [0, 0.05) is 42.1 Å². The number of anilines is 1. The summed E-state index contributed by atoms with van der Waals surface area (Å²) in [4.78, 5) is 41.4. The lowest BCUT2D eigenvalue weighted by atomic mass is 10.0. The zero-order valence-electron chi connectivity index (χ0n) is 16.6. The van der Waals surface area contributed by atoms with Crippen molar-refractivity contribution < 1.29 is 14.4 Å². The first-order chi connectivity index (χ1) is 14.5. The van der Waals surface area contributed by atoms with Crippen molar-refractivity contribution in [3.63, 3.8) is 0 Å².